The van der Waals surface area contributed by atoms with Crippen LogP contribution in [0.3, 0.4) is 0 Å². The van der Waals surface area contributed by atoms with Crippen LogP contribution in [0, 0.1) is 5.92 Å². The van der Waals surface area contributed by atoms with Gasteiger partial charge in [-0.15, -0.1) is 11.8 Å². The third-order valence-electron chi connectivity index (χ3n) is 2.56. The predicted molar refractivity (Wildman–Crippen MR) is 77.5 cm³/mol. The highest BCUT2D eigenvalue weighted by atomic mass is 32.2. The number of benzene rings is 1. The lowest BCUT2D eigenvalue weighted by Gasteiger charge is -2.10. The van der Waals surface area contributed by atoms with E-state index in [2.05, 4.69) is 43.4 Å². The van der Waals surface area contributed by atoms with Gasteiger partial charge in [-0.05, 0) is 17.7 Å². The number of nitrogens with two attached hydrogens (primary N) is 1. The van der Waals surface area contributed by atoms with Gasteiger partial charge in [0.15, 0.2) is 0 Å². The summed E-state index contributed by atoms with van der Waals surface area (Å²) >= 11 is 1.84. The first-order valence-electron chi connectivity index (χ1n) is 6.26. The molecule has 0 spiro atoms. The topological polar surface area (TPSA) is 55.1 Å². The zero-order valence-electron chi connectivity index (χ0n) is 11.3. The first kappa shape index (κ1) is 15.1. The molecule has 0 radical (unpaired) electrons. The Kier molecular flexibility index (Phi) is 6.22. The van der Waals surface area contributed by atoms with Gasteiger partial charge in [0.1, 0.15) is 0 Å². The van der Waals surface area contributed by atoms with Crippen LogP contribution in [0.25, 0.3) is 0 Å². The highest BCUT2D eigenvalue weighted by Gasteiger charge is 2.09. The second-order valence-electron chi connectivity index (χ2n) is 4.67. The van der Waals surface area contributed by atoms with Crippen LogP contribution in [0.1, 0.15) is 26.3 Å². The third kappa shape index (κ3) is 5.10. The molecule has 0 saturated heterocycles. The molecule has 1 atom stereocenters. The van der Waals surface area contributed by atoms with Crippen molar-refractivity contribution in [1.29, 1.82) is 0 Å². The minimum atomic E-state index is -0.124. The number of carbonyl (C=O) groups excluding carboxylic acids is 1. The second kappa shape index (κ2) is 7.44. The van der Waals surface area contributed by atoms with Gasteiger partial charge in [0.05, 0.1) is 0 Å². The monoisotopic (exact) mass is 266 g/mol. The van der Waals surface area contributed by atoms with Crippen molar-refractivity contribution in [1.82, 2.24) is 5.32 Å². The molecule has 1 aromatic carbocycles. The van der Waals surface area contributed by atoms with Gasteiger partial charge in [0.2, 0.25) is 5.91 Å². The van der Waals surface area contributed by atoms with E-state index in [1.807, 2.05) is 18.7 Å². The van der Waals surface area contributed by atoms with Crippen LogP contribution in [0.4, 0.5) is 0 Å². The summed E-state index contributed by atoms with van der Waals surface area (Å²) in [5, 5.41) is 3.47. The lowest BCUT2D eigenvalue weighted by molar-refractivity contribution is -0.124. The van der Waals surface area contributed by atoms with E-state index in [1.54, 1.807) is 0 Å². The van der Waals surface area contributed by atoms with Crippen LogP contribution in [-0.4, -0.2) is 17.7 Å². The van der Waals surface area contributed by atoms with Gasteiger partial charge in [-0.25, -0.2) is 0 Å². The number of thioether (sulfide) groups is 1. The summed E-state index contributed by atoms with van der Waals surface area (Å²) in [5.74, 6) is -0.112. The molecule has 1 amide bonds. The number of amides is 1. The number of hydrogen-bond acceptors (Lipinski definition) is 3. The van der Waals surface area contributed by atoms with E-state index < -0.39 is 0 Å². The van der Waals surface area contributed by atoms with Crippen molar-refractivity contribution in [3.63, 3.8) is 0 Å². The Balaban J connectivity index is 2.46. The number of carbonyl (C=O) groups is 1. The van der Waals surface area contributed by atoms with Crippen molar-refractivity contribution in [2.45, 2.75) is 37.5 Å². The molecule has 0 fully saturated rings. The molecule has 3 N–H and O–H groups in total. The van der Waals surface area contributed by atoms with Gasteiger partial charge >= 0.3 is 0 Å². The maximum atomic E-state index is 11.6. The molecule has 1 unspecified atom stereocenters. The predicted octanol–water partition coefficient (Wildman–Crippen LogP) is 2.40. The Labute approximate surface area is 114 Å². The Morgan fingerprint density at radius 2 is 1.89 bits per heavy atom. The fourth-order valence-corrected chi connectivity index (χ4v) is 2.27. The van der Waals surface area contributed by atoms with Gasteiger partial charge < -0.3 is 11.1 Å². The molecule has 1 aromatic rings. The Hall–Kier alpha value is -1.00. The maximum absolute atomic E-state index is 11.6. The van der Waals surface area contributed by atoms with E-state index in [0.717, 1.165) is 5.56 Å². The fourth-order valence-electron chi connectivity index (χ4n) is 1.43. The lowest BCUT2D eigenvalue weighted by Crippen LogP contribution is -2.32. The largest absolute Gasteiger partial charge is 0.352 e. The zero-order chi connectivity index (χ0) is 13.5. The van der Waals surface area contributed by atoms with E-state index in [4.69, 9.17) is 5.73 Å². The molecule has 3 nitrogen and oxygen atoms in total. The molecule has 0 aromatic heterocycles. The zero-order valence-corrected chi connectivity index (χ0v) is 12.1. The summed E-state index contributed by atoms with van der Waals surface area (Å²) < 4.78 is 0. The normalized spacial score (nSPS) is 12.5. The first-order valence-corrected chi connectivity index (χ1v) is 7.14. The highest BCUT2D eigenvalue weighted by molar-refractivity contribution is 7.99. The van der Waals surface area contributed by atoms with Crippen molar-refractivity contribution in [3.05, 3.63) is 29.8 Å². The van der Waals surface area contributed by atoms with E-state index >= 15 is 0 Å². The minimum absolute atomic E-state index is 0.0122. The fraction of sp³-hybridized carbons (Fsp3) is 0.500. The molecular weight excluding hydrogens is 244 g/mol. The molecule has 0 bridgehead atoms. The first-order chi connectivity index (χ1) is 8.52. The summed E-state index contributed by atoms with van der Waals surface area (Å²) in [6.45, 7) is 7.13. The summed E-state index contributed by atoms with van der Waals surface area (Å²) in [4.78, 5) is 12.8. The molecule has 4 heteroatoms. The average Bonchev–Trinajstić information content (AvgIpc) is 2.36. The van der Waals surface area contributed by atoms with Gasteiger partial charge in [-0.2, -0.15) is 0 Å². The van der Waals surface area contributed by atoms with Crippen molar-refractivity contribution < 1.29 is 4.79 Å². The molecule has 100 valence electrons. The summed E-state index contributed by atoms with van der Waals surface area (Å²) in [5.41, 5.74) is 6.56. The molecule has 1 rings (SSSR count). The smallest absolute Gasteiger partial charge is 0.224 e. The Morgan fingerprint density at radius 1 is 1.28 bits per heavy atom. The van der Waals surface area contributed by atoms with Gasteiger partial charge in [0.25, 0.3) is 0 Å². The Bertz CT molecular complexity index is 376. The summed E-state index contributed by atoms with van der Waals surface area (Å²) in [6, 6.07) is 8.30. The quantitative estimate of drug-likeness (QED) is 0.777. The van der Waals surface area contributed by atoms with E-state index in [9.17, 15) is 4.79 Å². The van der Waals surface area contributed by atoms with Crippen molar-refractivity contribution in [3.8, 4) is 0 Å². The Morgan fingerprint density at radius 3 is 2.39 bits per heavy atom. The number of hydrogen-bond donors (Lipinski definition) is 2. The van der Waals surface area contributed by atoms with Gasteiger partial charge in [-0.1, -0.05) is 32.9 Å². The molecule has 18 heavy (non-hydrogen) atoms. The number of rotatable bonds is 6. The molecule has 0 aliphatic heterocycles. The van der Waals surface area contributed by atoms with Crippen LogP contribution in [0.2, 0.25) is 0 Å². The van der Waals surface area contributed by atoms with E-state index in [0.29, 0.717) is 18.3 Å². The van der Waals surface area contributed by atoms with Crippen molar-refractivity contribution in [2.24, 2.45) is 11.7 Å². The van der Waals surface area contributed by atoms with Gasteiger partial charge in [-0.3, -0.25) is 4.79 Å². The van der Waals surface area contributed by atoms with E-state index in [-0.39, 0.29) is 11.8 Å². The van der Waals surface area contributed by atoms with Crippen LogP contribution in [0.5, 0.6) is 0 Å². The van der Waals surface area contributed by atoms with Gasteiger partial charge in [0, 0.05) is 29.2 Å². The maximum Gasteiger partial charge on any atom is 0.224 e. The highest BCUT2D eigenvalue weighted by Crippen LogP contribution is 2.22. The third-order valence-corrected chi connectivity index (χ3v) is 3.58. The van der Waals surface area contributed by atoms with E-state index in [1.165, 1.54) is 4.90 Å². The van der Waals surface area contributed by atoms with Crippen LogP contribution in [-0.2, 0) is 11.3 Å². The molecular formula is C14H22N2OS. The van der Waals surface area contributed by atoms with Crippen molar-refractivity contribution >= 4 is 17.7 Å². The number of nitrogens with one attached hydrogen (secondary N) is 1. The van der Waals surface area contributed by atoms with Crippen LogP contribution >= 0.6 is 11.8 Å². The molecule has 0 saturated carbocycles. The second-order valence-corrected chi connectivity index (χ2v) is 6.32. The SMILES string of the molecule is CC(C)Sc1ccc(CNC(=O)C(C)CN)cc1. The van der Waals surface area contributed by atoms with Crippen LogP contribution < -0.4 is 11.1 Å². The van der Waals surface area contributed by atoms with Crippen LogP contribution in [0.15, 0.2) is 29.2 Å². The lowest BCUT2D eigenvalue weighted by atomic mass is 10.1. The standard InChI is InChI=1S/C14H22N2OS/c1-10(2)18-13-6-4-12(5-7-13)9-16-14(17)11(3)8-15/h4-7,10-11H,8-9,15H2,1-3H3,(H,16,17). The van der Waals surface area contributed by atoms with Crippen molar-refractivity contribution in [2.75, 3.05) is 6.54 Å². The summed E-state index contributed by atoms with van der Waals surface area (Å²) in [6.07, 6.45) is 0. The average molecular weight is 266 g/mol. The minimum Gasteiger partial charge on any atom is -0.352 e. The molecule has 0 heterocycles. The molecule has 0 aliphatic carbocycles. The molecule has 0 aliphatic rings. The summed E-state index contributed by atoms with van der Waals surface area (Å²) in [7, 11) is 0.